The number of carbonyl (C=O) groups excluding carboxylic acids is 3. The SMILES string of the molecule is CCCC(=O)c1ccc2c(c1)N(CC(=O)N1CCCC1)C(=O)C(C)O2. The minimum atomic E-state index is -0.643. The summed E-state index contributed by atoms with van der Waals surface area (Å²) in [5.41, 5.74) is 1.06. The average molecular weight is 344 g/mol. The van der Waals surface area contributed by atoms with Gasteiger partial charge in [0, 0.05) is 25.1 Å². The van der Waals surface area contributed by atoms with Crippen LogP contribution in [-0.4, -0.2) is 48.2 Å². The van der Waals surface area contributed by atoms with E-state index in [4.69, 9.17) is 4.74 Å². The summed E-state index contributed by atoms with van der Waals surface area (Å²) in [5, 5.41) is 0. The van der Waals surface area contributed by atoms with Crippen molar-refractivity contribution in [3.05, 3.63) is 23.8 Å². The van der Waals surface area contributed by atoms with E-state index >= 15 is 0 Å². The van der Waals surface area contributed by atoms with Crippen molar-refractivity contribution in [2.24, 2.45) is 0 Å². The number of anilines is 1. The number of Topliss-reactive ketones (excluding diaryl/α,β-unsaturated/α-hetero) is 1. The molecule has 0 aliphatic carbocycles. The van der Waals surface area contributed by atoms with Crippen molar-refractivity contribution in [2.45, 2.75) is 45.6 Å². The van der Waals surface area contributed by atoms with Gasteiger partial charge in [-0.05, 0) is 44.4 Å². The lowest BCUT2D eigenvalue weighted by molar-refractivity contribution is -0.132. The zero-order valence-corrected chi connectivity index (χ0v) is 14.8. The molecule has 0 spiro atoms. The Bertz CT molecular complexity index is 695. The molecule has 0 bridgehead atoms. The van der Waals surface area contributed by atoms with Crippen molar-refractivity contribution in [1.29, 1.82) is 0 Å². The molecule has 3 rings (SSSR count). The molecule has 1 aromatic rings. The highest BCUT2D eigenvalue weighted by Gasteiger charge is 2.34. The molecule has 2 heterocycles. The van der Waals surface area contributed by atoms with Crippen LogP contribution in [0.2, 0.25) is 0 Å². The summed E-state index contributed by atoms with van der Waals surface area (Å²) >= 11 is 0. The molecule has 2 aliphatic heterocycles. The highest BCUT2D eigenvalue weighted by molar-refractivity contribution is 6.05. The van der Waals surface area contributed by atoms with Crippen molar-refractivity contribution in [3.8, 4) is 5.75 Å². The normalized spacial score (nSPS) is 19.6. The Balaban J connectivity index is 1.89. The number of benzene rings is 1. The predicted molar refractivity (Wildman–Crippen MR) is 93.9 cm³/mol. The minimum Gasteiger partial charge on any atom is -0.479 e. The molecule has 1 aromatic carbocycles. The van der Waals surface area contributed by atoms with Crippen LogP contribution in [-0.2, 0) is 9.59 Å². The second kappa shape index (κ2) is 7.25. The number of amides is 2. The van der Waals surface area contributed by atoms with Gasteiger partial charge in [0.1, 0.15) is 12.3 Å². The molecule has 0 aromatic heterocycles. The summed E-state index contributed by atoms with van der Waals surface area (Å²) in [5.74, 6) is 0.257. The van der Waals surface area contributed by atoms with Crippen LogP contribution in [0.1, 0.15) is 49.9 Å². The van der Waals surface area contributed by atoms with Gasteiger partial charge in [-0.15, -0.1) is 0 Å². The molecule has 1 fully saturated rings. The van der Waals surface area contributed by atoms with Gasteiger partial charge in [0.25, 0.3) is 5.91 Å². The summed E-state index contributed by atoms with van der Waals surface area (Å²) in [7, 11) is 0. The third-order valence-electron chi connectivity index (χ3n) is 4.72. The van der Waals surface area contributed by atoms with Crippen LogP contribution >= 0.6 is 0 Å². The van der Waals surface area contributed by atoms with Gasteiger partial charge in [0.05, 0.1) is 5.69 Å². The first-order valence-corrected chi connectivity index (χ1v) is 8.94. The van der Waals surface area contributed by atoms with E-state index < -0.39 is 6.10 Å². The zero-order valence-electron chi connectivity index (χ0n) is 14.8. The van der Waals surface area contributed by atoms with E-state index in [-0.39, 0.29) is 24.1 Å². The van der Waals surface area contributed by atoms with E-state index in [9.17, 15) is 14.4 Å². The first kappa shape index (κ1) is 17.5. The number of fused-ring (bicyclic) bond motifs is 1. The maximum atomic E-state index is 12.6. The third kappa shape index (κ3) is 3.52. The lowest BCUT2D eigenvalue weighted by atomic mass is 10.0. The van der Waals surface area contributed by atoms with Crippen molar-refractivity contribution in [1.82, 2.24) is 4.90 Å². The quantitative estimate of drug-likeness (QED) is 0.769. The molecular weight excluding hydrogens is 320 g/mol. The van der Waals surface area contributed by atoms with E-state index in [2.05, 4.69) is 0 Å². The van der Waals surface area contributed by atoms with Crippen molar-refractivity contribution >= 4 is 23.3 Å². The number of nitrogens with zero attached hydrogens (tertiary/aromatic N) is 2. The average Bonchev–Trinajstić information content (AvgIpc) is 3.13. The van der Waals surface area contributed by atoms with Gasteiger partial charge in [-0.25, -0.2) is 0 Å². The van der Waals surface area contributed by atoms with E-state index in [1.807, 2.05) is 6.92 Å². The fourth-order valence-corrected chi connectivity index (χ4v) is 3.32. The van der Waals surface area contributed by atoms with Crippen LogP contribution in [0.5, 0.6) is 5.75 Å². The van der Waals surface area contributed by atoms with Crippen LogP contribution < -0.4 is 9.64 Å². The highest BCUT2D eigenvalue weighted by Crippen LogP contribution is 2.35. The van der Waals surface area contributed by atoms with Crippen LogP contribution in [0, 0.1) is 0 Å². The number of hydrogen-bond acceptors (Lipinski definition) is 4. The number of ether oxygens (including phenoxy) is 1. The maximum absolute atomic E-state index is 12.6. The lowest BCUT2D eigenvalue weighted by Crippen LogP contribution is -2.49. The van der Waals surface area contributed by atoms with E-state index in [1.165, 1.54) is 4.90 Å². The van der Waals surface area contributed by atoms with Crippen molar-refractivity contribution < 1.29 is 19.1 Å². The largest absolute Gasteiger partial charge is 0.479 e. The van der Waals surface area contributed by atoms with Gasteiger partial charge in [-0.2, -0.15) is 0 Å². The molecule has 1 atom stereocenters. The number of carbonyl (C=O) groups is 3. The van der Waals surface area contributed by atoms with Gasteiger partial charge >= 0.3 is 0 Å². The first-order valence-electron chi connectivity index (χ1n) is 8.94. The monoisotopic (exact) mass is 344 g/mol. The van der Waals surface area contributed by atoms with Crippen LogP contribution in [0.4, 0.5) is 5.69 Å². The second-order valence-corrected chi connectivity index (χ2v) is 6.63. The van der Waals surface area contributed by atoms with Crippen LogP contribution in [0.15, 0.2) is 18.2 Å². The Kier molecular flexibility index (Phi) is 5.06. The standard InChI is InChI=1S/C19H24N2O4/c1-3-6-16(22)14-7-8-17-15(11-14)21(19(24)13(2)25-17)12-18(23)20-9-4-5-10-20/h7-8,11,13H,3-6,9-10,12H2,1-2H3. The maximum Gasteiger partial charge on any atom is 0.268 e. The minimum absolute atomic E-state index is 0.00897. The molecule has 134 valence electrons. The fourth-order valence-electron chi connectivity index (χ4n) is 3.32. The summed E-state index contributed by atoms with van der Waals surface area (Å²) in [6, 6.07) is 5.11. The van der Waals surface area contributed by atoms with Gasteiger partial charge in [0.15, 0.2) is 11.9 Å². The number of likely N-dealkylation sites (tertiary alicyclic amines) is 1. The molecule has 1 unspecified atom stereocenters. The number of rotatable bonds is 5. The molecule has 2 aliphatic rings. The van der Waals surface area contributed by atoms with E-state index in [0.717, 1.165) is 32.4 Å². The third-order valence-corrected chi connectivity index (χ3v) is 4.72. The van der Waals surface area contributed by atoms with Crippen molar-refractivity contribution in [2.75, 3.05) is 24.5 Å². The van der Waals surface area contributed by atoms with Gasteiger partial charge < -0.3 is 9.64 Å². The Morgan fingerprint density at radius 3 is 2.64 bits per heavy atom. The van der Waals surface area contributed by atoms with Crippen LogP contribution in [0.25, 0.3) is 0 Å². The molecule has 0 radical (unpaired) electrons. The van der Waals surface area contributed by atoms with Gasteiger partial charge in [-0.3, -0.25) is 19.3 Å². The fraction of sp³-hybridized carbons (Fsp3) is 0.526. The van der Waals surface area contributed by atoms with E-state index in [1.54, 1.807) is 30.0 Å². The smallest absolute Gasteiger partial charge is 0.268 e. The molecule has 2 amide bonds. The summed E-state index contributed by atoms with van der Waals surface area (Å²) in [6.07, 6.45) is 2.59. The number of hydrogen-bond donors (Lipinski definition) is 0. The number of ketones is 1. The van der Waals surface area contributed by atoms with Gasteiger partial charge in [-0.1, -0.05) is 6.92 Å². The summed E-state index contributed by atoms with van der Waals surface area (Å²) in [6.45, 7) is 5.11. The highest BCUT2D eigenvalue weighted by atomic mass is 16.5. The molecule has 1 saturated heterocycles. The summed E-state index contributed by atoms with van der Waals surface area (Å²) < 4.78 is 5.65. The topological polar surface area (TPSA) is 66.9 Å². The lowest BCUT2D eigenvalue weighted by Gasteiger charge is -2.33. The zero-order chi connectivity index (χ0) is 18.0. The summed E-state index contributed by atoms with van der Waals surface area (Å²) in [4.78, 5) is 40.6. The molecule has 0 saturated carbocycles. The van der Waals surface area contributed by atoms with Crippen LogP contribution in [0.3, 0.4) is 0 Å². The van der Waals surface area contributed by atoms with E-state index in [0.29, 0.717) is 23.4 Å². The molecule has 6 heteroatoms. The van der Waals surface area contributed by atoms with Crippen molar-refractivity contribution in [3.63, 3.8) is 0 Å². The molecule has 0 N–H and O–H groups in total. The Labute approximate surface area is 147 Å². The van der Waals surface area contributed by atoms with Gasteiger partial charge in [0.2, 0.25) is 5.91 Å². The molecular formula is C19H24N2O4. The predicted octanol–water partition coefficient (Wildman–Crippen LogP) is 2.41. The Hall–Kier alpha value is -2.37. The second-order valence-electron chi connectivity index (χ2n) is 6.63. The molecule has 25 heavy (non-hydrogen) atoms. The Morgan fingerprint density at radius 2 is 1.96 bits per heavy atom. The Morgan fingerprint density at radius 1 is 1.24 bits per heavy atom. The first-order chi connectivity index (χ1) is 12.0. The molecule has 6 nitrogen and oxygen atoms in total.